The summed E-state index contributed by atoms with van der Waals surface area (Å²) in [6.07, 6.45) is 0.0140. The molecule has 0 aliphatic carbocycles. The Labute approximate surface area is 120 Å². The Kier molecular flexibility index (Phi) is 4.59. The third kappa shape index (κ3) is 4.84. The van der Waals surface area contributed by atoms with Crippen molar-refractivity contribution in [2.75, 3.05) is 13.2 Å². The molecular weight excluding hydrogens is 285 g/mol. The van der Waals surface area contributed by atoms with E-state index in [1.807, 2.05) is 0 Å². The van der Waals surface area contributed by atoms with E-state index < -0.39 is 18.4 Å². The summed E-state index contributed by atoms with van der Waals surface area (Å²) in [5.41, 5.74) is 0.673. The molecule has 0 fully saturated rings. The molecule has 21 heavy (non-hydrogen) atoms. The number of carbonyl (C=O) groups excluding carboxylic acids is 1. The molecule has 2 amide bonds. The van der Waals surface area contributed by atoms with Crippen molar-refractivity contribution in [3.8, 4) is 5.75 Å². The average Bonchev–Trinajstić information content (AvgIpc) is 2.36. The number of carbonyl (C=O) groups is 1. The van der Waals surface area contributed by atoms with Crippen molar-refractivity contribution in [1.82, 2.24) is 10.6 Å². The lowest BCUT2D eigenvalue weighted by atomic mass is 10.0. The zero-order chi connectivity index (χ0) is 15.5. The molecule has 7 heteroatoms. The number of benzene rings is 1. The first-order chi connectivity index (χ1) is 9.83. The molecule has 0 aromatic heterocycles. The van der Waals surface area contributed by atoms with Crippen LogP contribution < -0.4 is 15.4 Å². The predicted molar refractivity (Wildman–Crippen MR) is 71.2 cm³/mol. The number of hydrogen-bond donors (Lipinski definition) is 2. The van der Waals surface area contributed by atoms with Crippen LogP contribution >= 0.6 is 0 Å². The molecule has 2 N–H and O–H groups in total. The lowest BCUT2D eigenvalue weighted by Crippen LogP contribution is -2.47. The molecule has 1 atom stereocenters. The van der Waals surface area contributed by atoms with E-state index in [-0.39, 0.29) is 25.0 Å². The van der Waals surface area contributed by atoms with Crippen LogP contribution in [0.25, 0.3) is 0 Å². The van der Waals surface area contributed by atoms with Gasteiger partial charge in [-0.05, 0) is 37.1 Å². The van der Waals surface area contributed by atoms with Crippen molar-refractivity contribution < 1.29 is 22.7 Å². The van der Waals surface area contributed by atoms with Crippen LogP contribution in [0.3, 0.4) is 0 Å². The summed E-state index contributed by atoms with van der Waals surface area (Å²) in [6, 6.07) is 3.36. The summed E-state index contributed by atoms with van der Waals surface area (Å²) in [5, 5.41) is 4.99. The number of nitrogens with one attached hydrogen (secondary N) is 2. The molecule has 0 bridgehead atoms. The first kappa shape index (κ1) is 15.5. The number of halogens is 3. The topological polar surface area (TPSA) is 50.4 Å². The number of hydrogen-bond acceptors (Lipinski definition) is 2. The minimum Gasteiger partial charge on any atom is -0.491 e. The van der Waals surface area contributed by atoms with Gasteiger partial charge in [-0.25, -0.2) is 18.0 Å². The average molecular weight is 302 g/mol. The van der Waals surface area contributed by atoms with Gasteiger partial charge in [0.15, 0.2) is 0 Å². The largest absolute Gasteiger partial charge is 0.491 e. The van der Waals surface area contributed by atoms with Gasteiger partial charge in [-0.3, -0.25) is 0 Å². The molecule has 0 saturated carbocycles. The Morgan fingerprint density at radius 3 is 2.95 bits per heavy atom. The second-order valence-corrected chi connectivity index (χ2v) is 5.18. The van der Waals surface area contributed by atoms with E-state index >= 15 is 0 Å². The molecule has 1 aromatic carbocycles. The van der Waals surface area contributed by atoms with Gasteiger partial charge in [-0.2, -0.15) is 0 Å². The van der Waals surface area contributed by atoms with Crippen LogP contribution in [0.1, 0.15) is 18.9 Å². The fourth-order valence-electron chi connectivity index (χ4n) is 2.09. The molecule has 116 valence electrons. The molecule has 0 radical (unpaired) electrons. The molecule has 1 aliphatic rings. The van der Waals surface area contributed by atoms with Gasteiger partial charge in [0.1, 0.15) is 18.2 Å². The van der Waals surface area contributed by atoms with Crippen LogP contribution in [0.4, 0.5) is 18.0 Å². The van der Waals surface area contributed by atoms with Crippen molar-refractivity contribution in [1.29, 1.82) is 0 Å². The summed E-state index contributed by atoms with van der Waals surface area (Å²) in [5.74, 6) is -2.58. The van der Waals surface area contributed by atoms with Crippen LogP contribution in [0, 0.1) is 5.82 Å². The Bertz CT molecular complexity index is 517. The van der Waals surface area contributed by atoms with E-state index in [1.54, 1.807) is 6.07 Å². The molecular formula is C14H17F3N2O2. The van der Waals surface area contributed by atoms with Gasteiger partial charge in [-0.15, -0.1) is 0 Å². The predicted octanol–water partition coefficient (Wildman–Crippen LogP) is 2.47. The summed E-state index contributed by atoms with van der Waals surface area (Å²) in [7, 11) is 0. The third-order valence-electron chi connectivity index (χ3n) is 3.11. The van der Waals surface area contributed by atoms with Crippen molar-refractivity contribution in [2.45, 2.75) is 31.7 Å². The highest BCUT2D eigenvalue weighted by Gasteiger charge is 2.23. The van der Waals surface area contributed by atoms with Gasteiger partial charge in [0, 0.05) is 13.0 Å². The van der Waals surface area contributed by atoms with E-state index in [2.05, 4.69) is 10.6 Å². The first-order valence-electron chi connectivity index (χ1n) is 6.67. The van der Waals surface area contributed by atoms with E-state index in [0.717, 1.165) is 6.92 Å². The Hall–Kier alpha value is -1.92. The van der Waals surface area contributed by atoms with Crippen molar-refractivity contribution in [3.05, 3.63) is 29.6 Å². The fraction of sp³-hybridized carbons (Fsp3) is 0.500. The molecule has 1 aliphatic heterocycles. The lowest BCUT2D eigenvalue weighted by Gasteiger charge is -2.26. The molecule has 1 unspecified atom stereocenters. The molecule has 1 aromatic rings. The van der Waals surface area contributed by atoms with E-state index in [1.165, 1.54) is 12.1 Å². The fourth-order valence-corrected chi connectivity index (χ4v) is 2.09. The molecule has 0 spiro atoms. The Balaban J connectivity index is 1.81. The maximum Gasteiger partial charge on any atom is 0.315 e. The zero-order valence-corrected chi connectivity index (χ0v) is 11.6. The molecule has 2 rings (SSSR count). The Morgan fingerprint density at radius 2 is 2.24 bits per heavy atom. The summed E-state index contributed by atoms with van der Waals surface area (Å²) in [4.78, 5) is 11.6. The summed E-state index contributed by atoms with van der Waals surface area (Å²) < 4.78 is 43.8. The quantitative estimate of drug-likeness (QED) is 0.897. The maximum atomic E-state index is 13.1. The Morgan fingerprint density at radius 1 is 1.48 bits per heavy atom. The van der Waals surface area contributed by atoms with Crippen molar-refractivity contribution in [2.24, 2.45) is 0 Å². The number of amides is 2. The van der Waals surface area contributed by atoms with Gasteiger partial charge >= 0.3 is 6.03 Å². The number of rotatable bonds is 4. The molecule has 1 heterocycles. The standard InChI is InChI=1S/C14H17F3N2O2/c1-14(16,17)4-5-18-13(20)19-11-7-9-6-10(15)2-3-12(9)21-8-11/h2-3,6,11H,4-5,7-8H2,1H3,(H2,18,19,20). The van der Waals surface area contributed by atoms with Crippen LogP contribution in [-0.4, -0.2) is 31.1 Å². The van der Waals surface area contributed by atoms with Crippen LogP contribution in [-0.2, 0) is 6.42 Å². The number of ether oxygens (including phenoxy) is 1. The highest BCUT2D eigenvalue weighted by molar-refractivity contribution is 5.74. The zero-order valence-electron chi connectivity index (χ0n) is 11.6. The smallest absolute Gasteiger partial charge is 0.315 e. The highest BCUT2D eigenvalue weighted by atomic mass is 19.3. The minimum absolute atomic E-state index is 0.117. The van der Waals surface area contributed by atoms with Crippen molar-refractivity contribution in [3.63, 3.8) is 0 Å². The summed E-state index contributed by atoms with van der Waals surface area (Å²) >= 11 is 0. The van der Waals surface area contributed by atoms with E-state index in [9.17, 15) is 18.0 Å². The second kappa shape index (κ2) is 6.24. The number of urea groups is 1. The highest BCUT2D eigenvalue weighted by Crippen LogP contribution is 2.25. The van der Waals surface area contributed by atoms with Gasteiger partial charge in [0.25, 0.3) is 0 Å². The third-order valence-corrected chi connectivity index (χ3v) is 3.11. The maximum absolute atomic E-state index is 13.1. The van der Waals surface area contributed by atoms with Gasteiger partial charge in [-0.1, -0.05) is 0 Å². The van der Waals surface area contributed by atoms with E-state index in [4.69, 9.17) is 4.74 Å². The second-order valence-electron chi connectivity index (χ2n) is 5.18. The van der Waals surface area contributed by atoms with Crippen LogP contribution in [0.15, 0.2) is 18.2 Å². The number of fused-ring (bicyclic) bond motifs is 1. The SMILES string of the molecule is CC(F)(F)CCNC(=O)NC1COc2ccc(F)cc2C1. The molecule has 0 saturated heterocycles. The van der Waals surface area contributed by atoms with Crippen LogP contribution in [0.2, 0.25) is 0 Å². The van der Waals surface area contributed by atoms with E-state index in [0.29, 0.717) is 17.7 Å². The number of alkyl halides is 2. The van der Waals surface area contributed by atoms with Gasteiger partial charge in [0.05, 0.1) is 6.04 Å². The first-order valence-corrected chi connectivity index (χ1v) is 6.67. The lowest BCUT2D eigenvalue weighted by molar-refractivity contribution is 0.0142. The molecule has 4 nitrogen and oxygen atoms in total. The van der Waals surface area contributed by atoms with Gasteiger partial charge in [0.2, 0.25) is 5.92 Å². The minimum atomic E-state index is -2.81. The summed E-state index contributed by atoms with van der Waals surface area (Å²) in [6.45, 7) is 0.942. The van der Waals surface area contributed by atoms with Crippen molar-refractivity contribution >= 4 is 6.03 Å². The van der Waals surface area contributed by atoms with Gasteiger partial charge < -0.3 is 15.4 Å². The normalized spacial score (nSPS) is 17.6. The monoisotopic (exact) mass is 302 g/mol. The van der Waals surface area contributed by atoms with Crippen LogP contribution in [0.5, 0.6) is 5.75 Å².